The Morgan fingerprint density at radius 2 is 2.13 bits per heavy atom. The van der Waals surface area contributed by atoms with Crippen molar-refractivity contribution < 1.29 is 17.9 Å². The van der Waals surface area contributed by atoms with E-state index in [1.165, 1.54) is 0 Å². The molecule has 80 valence electrons. The highest BCUT2D eigenvalue weighted by Gasteiger charge is 2.31. The second-order valence-electron chi connectivity index (χ2n) is 2.50. The zero-order chi connectivity index (χ0) is 11.5. The van der Waals surface area contributed by atoms with Crippen LogP contribution in [0.15, 0.2) is 12.1 Å². The summed E-state index contributed by atoms with van der Waals surface area (Å²) in [5.74, 6) is -0.354. The van der Waals surface area contributed by atoms with E-state index in [1.54, 1.807) is 28.7 Å². The number of halogens is 4. The minimum atomic E-state index is -4.73. The first-order valence-corrected chi connectivity index (χ1v) is 4.78. The van der Waals surface area contributed by atoms with Crippen LogP contribution in [-0.2, 0) is 6.42 Å². The van der Waals surface area contributed by atoms with E-state index >= 15 is 0 Å². The fraction of sp³-hybridized carbons (Fsp3) is 0.250. The van der Waals surface area contributed by atoms with Crippen LogP contribution in [0.3, 0.4) is 0 Å². The van der Waals surface area contributed by atoms with E-state index in [0.717, 1.165) is 12.1 Å². The summed E-state index contributed by atoms with van der Waals surface area (Å²) < 4.78 is 39.7. The Hall–Kier alpha value is -1.04. The maximum absolute atomic E-state index is 11.9. The molecule has 0 amide bonds. The fourth-order valence-corrected chi connectivity index (χ4v) is 1.51. The molecule has 0 bridgehead atoms. The number of nitrogens with zero attached hydrogens (tertiary/aromatic N) is 2. The quantitative estimate of drug-likeness (QED) is 0.619. The number of aromatic nitrogens is 1. The Labute approximate surface area is 97.0 Å². The van der Waals surface area contributed by atoms with Gasteiger partial charge < -0.3 is 4.74 Å². The van der Waals surface area contributed by atoms with Gasteiger partial charge >= 0.3 is 6.36 Å². The standard InChI is InChI=1S/C8H4F3IN2O/c9-8(10,11)15-6-3-5(1-2-13)14-7(12)4-6/h3-4H,1H2. The number of alkyl halides is 3. The van der Waals surface area contributed by atoms with Gasteiger partial charge in [-0.1, -0.05) is 0 Å². The van der Waals surface area contributed by atoms with Crippen molar-refractivity contribution in [3.8, 4) is 11.8 Å². The summed E-state index contributed by atoms with van der Waals surface area (Å²) in [7, 11) is 0. The Morgan fingerprint density at radius 3 is 2.67 bits per heavy atom. The summed E-state index contributed by atoms with van der Waals surface area (Å²) in [5.41, 5.74) is 0.253. The maximum atomic E-state index is 11.9. The van der Waals surface area contributed by atoms with Crippen LogP contribution >= 0.6 is 22.6 Å². The molecule has 1 rings (SSSR count). The molecule has 0 radical (unpaired) electrons. The lowest BCUT2D eigenvalue weighted by molar-refractivity contribution is -0.274. The number of hydrogen-bond acceptors (Lipinski definition) is 3. The predicted molar refractivity (Wildman–Crippen MR) is 53.0 cm³/mol. The second kappa shape index (κ2) is 4.65. The van der Waals surface area contributed by atoms with E-state index in [-0.39, 0.29) is 17.9 Å². The van der Waals surface area contributed by atoms with Gasteiger partial charge in [0, 0.05) is 12.1 Å². The second-order valence-corrected chi connectivity index (χ2v) is 3.60. The molecule has 0 fully saturated rings. The smallest absolute Gasteiger partial charge is 0.406 e. The molecular weight excluding hydrogens is 324 g/mol. The summed E-state index contributed by atoms with van der Waals surface area (Å²) in [4.78, 5) is 3.87. The van der Waals surface area contributed by atoms with Gasteiger partial charge in [-0.2, -0.15) is 5.26 Å². The summed E-state index contributed by atoms with van der Waals surface area (Å²) in [5, 5.41) is 8.38. The molecule has 1 aromatic rings. The summed E-state index contributed by atoms with van der Waals surface area (Å²) in [6.45, 7) is 0. The minimum absolute atomic E-state index is 0.0505. The monoisotopic (exact) mass is 328 g/mol. The van der Waals surface area contributed by atoms with Crippen molar-refractivity contribution in [2.75, 3.05) is 0 Å². The van der Waals surface area contributed by atoms with Crippen LogP contribution in [0.5, 0.6) is 5.75 Å². The molecule has 0 aliphatic heterocycles. The van der Waals surface area contributed by atoms with Crippen molar-refractivity contribution in [1.29, 1.82) is 5.26 Å². The first-order chi connectivity index (χ1) is 6.90. The van der Waals surface area contributed by atoms with Crippen molar-refractivity contribution in [2.24, 2.45) is 0 Å². The van der Waals surface area contributed by atoms with Gasteiger partial charge in [0.1, 0.15) is 9.45 Å². The zero-order valence-corrected chi connectivity index (χ0v) is 9.33. The van der Waals surface area contributed by atoms with Crippen LogP contribution in [-0.4, -0.2) is 11.3 Å². The highest BCUT2D eigenvalue weighted by Crippen LogP contribution is 2.24. The van der Waals surface area contributed by atoms with Gasteiger partial charge in [0.15, 0.2) is 0 Å². The van der Waals surface area contributed by atoms with Crippen LogP contribution in [0.2, 0.25) is 0 Å². The third-order valence-corrected chi connectivity index (χ3v) is 1.87. The molecule has 0 unspecified atom stereocenters. The average molecular weight is 328 g/mol. The van der Waals surface area contributed by atoms with Gasteiger partial charge in [0.25, 0.3) is 0 Å². The molecule has 1 aromatic heterocycles. The van der Waals surface area contributed by atoms with Gasteiger partial charge in [-0.05, 0) is 22.6 Å². The van der Waals surface area contributed by atoms with E-state index in [4.69, 9.17) is 5.26 Å². The molecule has 0 saturated heterocycles. The molecule has 7 heteroatoms. The molecule has 0 spiro atoms. The number of pyridine rings is 1. The summed E-state index contributed by atoms with van der Waals surface area (Å²) >= 11 is 1.75. The van der Waals surface area contributed by atoms with E-state index in [2.05, 4.69) is 9.72 Å². The third kappa shape index (κ3) is 4.33. The highest BCUT2D eigenvalue weighted by molar-refractivity contribution is 14.1. The first kappa shape index (κ1) is 12.0. The molecule has 0 atom stereocenters. The van der Waals surface area contributed by atoms with Crippen molar-refractivity contribution in [3.63, 3.8) is 0 Å². The van der Waals surface area contributed by atoms with E-state index in [1.807, 2.05) is 0 Å². The van der Waals surface area contributed by atoms with Gasteiger partial charge in [-0.25, -0.2) is 4.98 Å². The summed E-state index contributed by atoms with van der Waals surface area (Å²) in [6, 6.07) is 4.04. The van der Waals surface area contributed by atoms with E-state index < -0.39 is 6.36 Å². The third-order valence-electron chi connectivity index (χ3n) is 1.31. The van der Waals surface area contributed by atoms with Crippen molar-refractivity contribution in [1.82, 2.24) is 4.98 Å². The molecule has 0 aliphatic carbocycles. The lowest BCUT2D eigenvalue weighted by Crippen LogP contribution is -2.17. The number of hydrogen-bond donors (Lipinski definition) is 0. The molecule has 0 N–H and O–H groups in total. The van der Waals surface area contributed by atoms with Crippen molar-refractivity contribution in [2.45, 2.75) is 12.8 Å². The fourth-order valence-electron chi connectivity index (χ4n) is 0.889. The molecule has 0 aromatic carbocycles. The van der Waals surface area contributed by atoms with Gasteiger partial charge in [0.2, 0.25) is 0 Å². The average Bonchev–Trinajstić information content (AvgIpc) is 1.99. The molecule has 0 saturated carbocycles. The van der Waals surface area contributed by atoms with Crippen LogP contribution in [0.1, 0.15) is 5.69 Å². The Kier molecular flexibility index (Phi) is 3.73. The Morgan fingerprint density at radius 1 is 1.47 bits per heavy atom. The van der Waals surface area contributed by atoms with E-state index in [0.29, 0.717) is 3.70 Å². The molecular formula is C8H4F3IN2O. The topological polar surface area (TPSA) is 45.9 Å². The lowest BCUT2D eigenvalue weighted by atomic mass is 10.3. The van der Waals surface area contributed by atoms with Gasteiger partial charge in [0.05, 0.1) is 18.2 Å². The summed E-state index contributed by atoms with van der Waals surface area (Å²) in [6.07, 6.45) is -4.78. The van der Waals surface area contributed by atoms with Crippen LogP contribution in [0.4, 0.5) is 13.2 Å². The Balaban J connectivity index is 2.95. The zero-order valence-electron chi connectivity index (χ0n) is 7.18. The SMILES string of the molecule is N#CCc1cc(OC(F)(F)F)cc(I)n1. The normalized spacial score (nSPS) is 10.9. The number of rotatable bonds is 2. The van der Waals surface area contributed by atoms with Crippen LogP contribution < -0.4 is 4.74 Å². The Bertz CT molecular complexity index is 400. The lowest BCUT2D eigenvalue weighted by Gasteiger charge is -2.09. The number of ether oxygens (including phenoxy) is 1. The number of nitriles is 1. The van der Waals surface area contributed by atoms with Crippen LogP contribution in [0, 0.1) is 15.0 Å². The van der Waals surface area contributed by atoms with Crippen LogP contribution in [0.25, 0.3) is 0 Å². The molecule has 15 heavy (non-hydrogen) atoms. The largest absolute Gasteiger partial charge is 0.573 e. The van der Waals surface area contributed by atoms with Gasteiger partial charge in [-0.3, -0.25) is 0 Å². The highest BCUT2D eigenvalue weighted by atomic mass is 127. The maximum Gasteiger partial charge on any atom is 0.573 e. The van der Waals surface area contributed by atoms with Gasteiger partial charge in [-0.15, -0.1) is 13.2 Å². The van der Waals surface area contributed by atoms with E-state index in [9.17, 15) is 13.2 Å². The van der Waals surface area contributed by atoms with Crippen molar-refractivity contribution >= 4 is 22.6 Å². The molecule has 3 nitrogen and oxygen atoms in total. The van der Waals surface area contributed by atoms with Crippen molar-refractivity contribution in [3.05, 3.63) is 21.5 Å². The molecule has 1 heterocycles. The predicted octanol–water partition coefficient (Wildman–Crippen LogP) is 2.65. The first-order valence-electron chi connectivity index (χ1n) is 3.70. The molecule has 0 aliphatic rings. The minimum Gasteiger partial charge on any atom is -0.406 e.